The van der Waals surface area contributed by atoms with Crippen molar-refractivity contribution in [2.45, 2.75) is 45.6 Å². The van der Waals surface area contributed by atoms with Gasteiger partial charge in [0, 0.05) is 6.54 Å². The van der Waals surface area contributed by atoms with Crippen LogP contribution < -0.4 is 5.32 Å². The molecule has 14 heavy (non-hydrogen) atoms. The zero-order chi connectivity index (χ0) is 10.4. The molecule has 0 heterocycles. The number of hydrogen-bond donors (Lipinski definition) is 1. The Balaban J connectivity index is 2.18. The summed E-state index contributed by atoms with van der Waals surface area (Å²) in [6.45, 7) is 5.58. The van der Waals surface area contributed by atoms with Gasteiger partial charge in [-0.05, 0) is 32.2 Å². The van der Waals surface area contributed by atoms with E-state index in [9.17, 15) is 4.79 Å². The lowest BCUT2D eigenvalue weighted by atomic mass is 10.2. The summed E-state index contributed by atoms with van der Waals surface area (Å²) in [6, 6.07) is 0. The van der Waals surface area contributed by atoms with Crippen molar-refractivity contribution in [3.8, 4) is 0 Å². The molecule has 0 aromatic heterocycles. The quantitative estimate of drug-likeness (QED) is 0.685. The van der Waals surface area contributed by atoms with Crippen LogP contribution in [-0.2, 0) is 9.53 Å². The molecular weight excluding hydrogens is 178 g/mol. The van der Waals surface area contributed by atoms with Crippen molar-refractivity contribution in [1.82, 2.24) is 5.32 Å². The molecule has 1 N–H and O–H groups in total. The van der Waals surface area contributed by atoms with Gasteiger partial charge in [-0.1, -0.05) is 13.8 Å². The Morgan fingerprint density at radius 2 is 2.14 bits per heavy atom. The maximum absolute atomic E-state index is 11.5. The lowest BCUT2D eigenvalue weighted by Crippen LogP contribution is -2.29. The van der Waals surface area contributed by atoms with E-state index < -0.39 is 0 Å². The third kappa shape index (κ3) is 3.66. The van der Waals surface area contributed by atoms with Crippen LogP contribution in [0.1, 0.15) is 39.5 Å². The minimum Gasteiger partial charge on any atom is -0.462 e. The Morgan fingerprint density at radius 3 is 2.71 bits per heavy atom. The number of nitrogens with one attached hydrogen (secondary N) is 1. The third-order valence-corrected chi connectivity index (χ3v) is 2.69. The molecule has 0 aromatic carbocycles. The summed E-state index contributed by atoms with van der Waals surface area (Å²) in [5.74, 6) is -0.0617. The average molecular weight is 199 g/mol. The third-order valence-electron chi connectivity index (χ3n) is 2.69. The Kier molecular flexibility index (Phi) is 4.94. The lowest BCUT2D eigenvalue weighted by Gasteiger charge is -2.15. The van der Waals surface area contributed by atoms with E-state index >= 15 is 0 Å². The molecule has 3 nitrogen and oxygen atoms in total. The van der Waals surface area contributed by atoms with E-state index in [0.717, 1.165) is 25.9 Å². The van der Waals surface area contributed by atoms with Gasteiger partial charge in [-0.2, -0.15) is 0 Å². The van der Waals surface area contributed by atoms with Crippen molar-refractivity contribution in [2.75, 3.05) is 13.1 Å². The average Bonchev–Trinajstić information content (AvgIpc) is 2.66. The van der Waals surface area contributed by atoms with E-state index in [2.05, 4.69) is 5.32 Å². The number of esters is 1. The highest BCUT2D eigenvalue weighted by Crippen LogP contribution is 2.21. The first kappa shape index (κ1) is 11.5. The summed E-state index contributed by atoms with van der Waals surface area (Å²) < 4.78 is 5.39. The standard InChI is InChI=1S/C11H21NO2/c1-3-12-8-9(2)11(13)14-10-6-4-5-7-10/h9-10,12H,3-8H2,1-2H3. The second-order valence-corrected chi connectivity index (χ2v) is 4.05. The molecule has 1 saturated carbocycles. The molecule has 1 fully saturated rings. The van der Waals surface area contributed by atoms with Crippen LogP contribution in [0.4, 0.5) is 0 Å². The Morgan fingerprint density at radius 1 is 1.50 bits per heavy atom. The fourth-order valence-electron chi connectivity index (χ4n) is 1.73. The molecular formula is C11H21NO2. The van der Waals surface area contributed by atoms with Crippen LogP contribution in [0.2, 0.25) is 0 Å². The van der Waals surface area contributed by atoms with Crippen molar-refractivity contribution in [1.29, 1.82) is 0 Å². The first-order valence-corrected chi connectivity index (χ1v) is 5.65. The molecule has 82 valence electrons. The van der Waals surface area contributed by atoms with Crippen LogP contribution in [-0.4, -0.2) is 25.2 Å². The predicted molar refractivity (Wildman–Crippen MR) is 56.1 cm³/mol. The van der Waals surface area contributed by atoms with Crippen LogP contribution in [0, 0.1) is 5.92 Å². The number of rotatable bonds is 5. The van der Waals surface area contributed by atoms with Gasteiger partial charge in [0.15, 0.2) is 0 Å². The van der Waals surface area contributed by atoms with Gasteiger partial charge in [0.05, 0.1) is 5.92 Å². The molecule has 0 amide bonds. The second-order valence-electron chi connectivity index (χ2n) is 4.05. The second kappa shape index (κ2) is 6.02. The van der Waals surface area contributed by atoms with E-state index in [-0.39, 0.29) is 18.0 Å². The molecule has 3 heteroatoms. The molecule has 0 bridgehead atoms. The molecule has 1 rings (SSSR count). The highest BCUT2D eigenvalue weighted by molar-refractivity contribution is 5.72. The van der Waals surface area contributed by atoms with Crippen molar-refractivity contribution in [2.24, 2.45) is 5.92 Å². The summed E-state index contributed by atoms with van der Waals surface area (Å²) >= 11 is 0. The first-order valence-electron chi connectivity index (χ1n) is 5.65. The van der Waals surface area contributed by atoms with E-state index in [1.807, 2.05) is 13.8 Å². The zero-order valence-electron chi connectivity index (χ0n) is 9.21. The minimum absolute atomic E-state index is 0.0180. The molecule has 0 aromatic rings. The number of ether oxygens (including phenoxy) is 1. The van der Waals surface area contributed by atoms with Gasteiger partial charge in [0.1, 0.15) is 6.10 Å². The SMILES string of the molecule is CCNCC(C)C(=O)OC1CCCC1. The lowest BCUT2D eigenvalue weighted by molar-refractivity contribution is -0.152. The number of hydrogen-bond acceptors (Lipinski definition) is 3. The largest absolute Gasteiger partial charge is 0.462 e. The summed E-state index contributed by atoms with van der Waals surface area (Å²) in [6.07, 6.45) is 4.73. The maximum Gasteiger partial charge on any atom is 0.310 e. The molecule has 1 aliphatic carbocycles. The zero-order valence-corrected chi connectivity index (χ0v) is 9.21. The molecule has 1 atom stereocenters. The van der Waals surface area contributed by atoms with Crippen molar-refractivity contribution in [3.63, 3.8) is 0 Å². The van der Waals surface area contributed by atoms with Crippen LogP contribution in [0.15, 0.2) is 0 Å². The number of carbonyl (C=O) groups is 1. The van der Waals surface area contributed by atoms with Gasteiger partial charge < -0.3 is 10.1 Å². The molecule has 0 spiro atoms. The first-order chi connectivity index (χ1) is 6.74. The molecule has 0 aliphatic heterocycles. The van der Waals surface area contributed by atoms with Crippen LogP contribution in [0.25, 0.3) is 0 Å². The fraction of sp³-hybridized carbons (Fsp3) is 0.909. The molecule has 0 radical (unpaired) electrons. The highest BCUT2D eigenvalue weighted by Gasteiger charge is 2.22. The van der Waals surface area contributed by atoms with Crippen LogP contribution in [0.3, 0.4) is 0 Å². The summed E-state index contributed by atoms with van der Waals surface area (Å²) in [5, 5.41) is 3.15. The monoisotopic (exact) mass is 199 g/mol. The van der Waals surface area contributed by atoms with Crippen molar-refractivity contribution in [3.05, 3.63) is 0 Å². The van der Waals surface area contributed by atoms with E-state index in [1.165, 1.54) is 12.8 Å². The fourth-order valence-corrected chi connectivity index (χ4v) is 1.73. The van der Waals surface area contributed by atoms with Crippen molar-refractivity contribution < 1.29 is 9.53 Å². The topological polar surface area (TPSA) is 38.3 Å². The molecule has 1 unspecified atom stereocenters. The normalized spacial score (nSPS) is 19.6. The molecule has 0 saturated heterocycles. The van der Waals surface area contributed by atoms with Gasteiger partial charge in [-0.15, -0.1) is 0 Å². The van der Waals surface area contributed by atoms with E-state index in [1.54, 1.807) is 0 Å². The summed E-state index contributed by atoms with van der Waals surface area (Å²) in [4.78, 5) is 11.5. The van der Waals surface area contributed by atoms with E-state index in [0.29, 0.717) is 0 Å². The van der Waals surface area contributed by atoms with Crippen LogP contribution in [0.5, 0.6) is 0 Å². The van der Waals surface area contributed by atoms with Gasteiger partial charge in [-0.25, -0.2) is 0 Å². The Labute approximate surface area is 86.2 Å². The van der Waals surface area contributed by atoms with Gasteiger partial charge >= 0.3 is 5.97 Å². The van der Waals surface area contributed by atoms with Crippen molar-refractivity contribution >= 4 is 5.97 Å². The Hall–Kier alpha value is -0.570. The van der Waals surface area contributed by atoms with E-state index in [4.69, 9.17) is 4.74 Å². The van der Waals surface area contributed by atoms with Gasteiger partial charge in [0.25, 0.3) is 0 Å². The predicted octanol–water partition coefficient (Wildman–Crippen LogP) is 1.72. The van der Waals surface area contributed by atoms with Gasteiger partial charge in [0.2, 0.25) is 0 Å². The summed E-state index contributed by atoms with van der Waals surface area (Å²) in [7, 11) is 0. The molecule has 1 aliphatic rings. The number of carbonyl (C=O) groups excluding carboxylic acids is 1. The highest BCUT2D eigenvalue weighted by atomic mass is 16.5. The van der Waals surface area contributed by atoms with Gasteiger partial charge in [-0.3, -0.25) is 4.79 Å². The smallest absolute Gasteiger partial charge is 0.310 e. The Bertz CT molecular complexity index is 176. The summed E-state index contributed by atoms with van der Waals surface area (Å²) in [5.41, 5.74) is 0. The maximum atomic E-state index is 11.5. The van der Waals surface area contributed by atoms with Crippen LogP contribution >= 0.6 is 0 Å². The minimum atomic E-state index is -0.0437.